The number of likely N-dealkylation sites (tertiary alicyclic amines) is 1. The lowest BCUT2D eigenvalue weighted by molar-refractivity contribution is -0.116. The monoisotopic (exact) mass is 424 g/mol. The van der Waals surface area contributed by atoms with E-state index in [1.54, 1.807) is 19.1 Å². The average Bonchev–Trinajstić information content (AvgIpc) is 3.18. The number of halogens is 1. The summed E-state index contributed by atoms with van der Waals surface area (Å²) in [4.78, 5) is 14.1. The predicted molar refractivity (Wildman–Crippen MR) is 106 cm³/mol. The van der Waals surface area contributed by atoms with E-state index in [0.717, 1.165) is 13.0 Å². The highest BCUT2D eigenvalue weighted by Crippen LogP contribution is 2.22. The summed E-state index contributed by atoms with van der Waals surface area (Å²) < 4.78 is 33.9. The van der Waals surface area contributed by atoms with E-state index in [-0.39, 0.29) is 22.4 Å². The summed E-state index contributed by atoms with van der Waals surface area (Å²) in [6.07, 6.45) is 2.05. The van der Waals surface area contributed by atoms with Crippen LogP contribution in [0, 0.1) is 6.92 Å². The zero-order valence-corrected chi connectivity index (χ0v) is 17.2. The van der Waals surface area contributed by atoms with E-state index in [1.165, 1.54) is 12.1 Å². The molecule has 1 N–H and O–H groups in total. The molecule has 10 heteroatoms. The van der Waals surface area contributed by atoms with Gasteiger partial charge in [0, 0.05) is 37.7 Å². The minimum Gasteiger partial charge on any atom is -0.362 e. The summed E-state index contributed by atoms with van der Waals surface area (Å²) in [5, 5.41) is 6.62. The fraction of sp³-hybridized carbons (Fsp3) is 0.389. The lowest BCUT2D eigenvalue weighted by Gasteiger charge is -2.11. The van der Waals surface area contributed by atoms with Gasteiger partial charge in [-0.3, -0.25) is 4.79 Å². The maximum absolute atomic E-state index is 12.6. The lowest BCUT2D eigenvalue weighted by atomic mass is 10.1. The van der Waals surface area contributed by atoms with Crippen LogP contribution < -0.4 is 5.32 Å². The Morgan fingerprint density at radius 1 is 1.43 bits per heavy atom. The molecule has 1 saturated heterocycles. The smallest absolute Gasteiger partial charge is 0.284 e. The van der Waals surface area contributed by atoms with Crippen LogP contribution in [-0.4, -0.2) is 43.8 Å². The topological polar surface area (TPSA) is 105 Å². The third kappa shape index (κ3) is 4.71. The number of anilines is 1. The number of carbonyl (C=O) groups is 1. The lowest BCUT2D eigenvalue weighted by Crippen LogP contribution is -2.20. The molecule has 1 fully saturated rings. The van der Waals surface area contributed by atoms with Crippen molar-refractivity contribution in [1.82, 2.24) is 10.1 Å². The third-order valence-corrected chi connectivity index (χ3v) is 6.11. The second-order valence-electron chi connectivity index (χ2n) is 6.60. The van der Waals surface area contributed by atoms with Crippen molar-refractivity contribution in [2.75, 3.05) is 18.9 Å². The Labute approximate surface area is 168 Å². The number of benzene rings is 1. The van der Waals surface area contributed by atoms with Crippen molar-refractivity contribution < 1.29 is 17.7 Å². The van der Waals surface area contributed by atoms with Crippen molar-refractivity contribution in [2.24, 2.45) is 4.40 Å². The summed E-state index contributed by atoms with van der Waals surface area (Å²) in [7, 11) is -2.02. The van der Waals surface area contributed by atoms with Gasteiger partial charge in [-0.2, -0.15) is 8.42 Å². The van der Waals surface area contributed by atoms with Gasteiger partial charge in [0.05, 0.1) is 10.6 Å². The molecule has 0 saturated carbocycles. The molecule has 1 aliphatic rings. The van der Waals surface area contributed by atoms with Crippen LogP contribution in [0.5, 0.6) is 0 Å². The van der Waals surface area contributed by atoms with E-state index in [2.05, 4.69) is 14.9 Å². The normalized spacial score (nSPS) is 16.0. The van der Waals surface area contributed by atoms with Gasteiger partial charge >= 0.3 is 0 Å². The number of amides is 1. The van der Waals surface area contributed by atoms with E-state index < -0.39 is 10.0 Å². The Kier molecular flexibility index (Phi) is 6.04. The number of nitrogens with zero attached hydrogens (tertiary/aromatic N) is 3. The van der Waals surface area contributed by atoms with E-state index in [9.17, 15) is 13.2 Å². The van der Waals surface area contributed by atoms with Gasteiger partial charge in [0.25, 0.3) is 10.0 Å². The first-order valence-electron chi connectivity index (χ1n) is 8.82. The number of nitrogens with one attached hydrogen (secondary N) is 1. The molecule has 0 radical (unpaired) electrons. The van der Waals surface area contributed by atoms with Crippen LogP contribution in [0.3, 0.4) is 0 Å². The number of hydrogen-bond donors (Lipinski definition) is 1. The van der Waals surface area contributed by atoms with Crippen LogP contribution in [0.1, 0.15) is 30.5 Å². The summed E-state index contributed by atoms with van der Waals surface area (Å²) in [6.45, 7) is 2.54. The molecular formula is C18H21ClN4O4S. The van der Waals surface area contributed by atoms with Crippen molar-refractivity contribution in [3.8, 4) is 0 Å². The fourth-order valence-electron chi connectivity index (χ4n) is 2.94. The van der Waals surface area contributed by atoms with Gasteiger partial charge in [0.15, 0.2) is 0 Å². The quantitative estimate of drug-likeness (QED) is 0.764. The first-order chi connectivity index (χ1) is 13.3. The standard InChI is InChI=1S/C18H21ClN4O4S/c1-12-15(18(19)27-21-12)8-9-17(24)20-13-5-3-6-14(11-13)28(25,26)22-16-7-4-10-23(16)2/h3,5-6,11H,4,7-10H2,1-2H3,(H,20,24)/b22-16+. The molecule has 3 rings (SSSR count). The average molecular weight is 425 g/mol. The van der Waals surface area contributed by atoms with Gasteiger partial charge in [-0.25, -0.2) is 0 Å². The molecular weight excluding hydrogens is 404 g/mol. The largest absolute Gasteiger partial charge is 0.362 e. The van der Waals surface area contributed by atoms with E-state index in [4.69, 9.17) is 16.1 Å². The minimum atomic E-state index is -3.84. The second kappa shape index (κ2) is 8.32. The Morgan fingerprint density at radius 2 is 2.21 bits per heavy atom. The molecule has 2 aromatic rings. The predicted octanol–water partition coefficient (Wildman–Crippen LogP) is 3.02. The number of aromatic nitrogens is 1. The number of amidine groups is 1. The summed E-state index contributed by atoms with van der Waals surface area (Å²) >= 11 is 5.90. The molecule has 1 aliphatic heterocycles. The number of sulfonamides is 1. The fourth-order valence-corrected chi connectivity index (χ4v) is 4.34. The summed E-state index contributed by atoms with van der Waals surface area (Å²) in [5.41, 5.74) is 1.71. The third-order valence-electron chi connectivity index (χ3n) is 4.51. The van der Waals surface area contributed by atoms with Gasteiger partial charge in [0.1, 0.15) is 5.84 Å². The van der Waals surface area contributed by atoms with Gasteiger partial charge in [-0.15, -0.1) is 4.40 Å². The Morgan fingerprint density at radius 3 is 2.86 bits per heavy atom. The molecule has 0 bridgehead atoms. The van der Waals surface area contributed by atoms with Crippen LogP contribution in [0.4, 0.5) is 5.69 Å². The minimum absolute atomic E-state index is 0.0380. The zero-order valence-electron chi connectivity index (χ0n) is 15.6. The molecule has 1 amide bonds. The van der Waals surface area contributed by atoms with Crippen LogP contribution in [0.15, 0.2) is 38.1 Å². The first-order valence-corrected chi connectivity index (χ1v) is 10.6. The molecule has 8 nitrogen and oxygen atoms in total. The number of aryl methyl sites for hydroxylation is 1. The van der Waals surface area contributed by atoms with Crippen LogP contribution in [0.25, 0.3) is 0 Å². The molecule has 0 spiro atoms. The molecule has 2 heterocycles. The van der Waals surface area contributed by atoms with Gasteiger partial charge in [-0.1, -0.05) is 11.2 Å². The molecule has 0 atom stereocenters. The highest BCUT2D eigenvalue weighted by molar-refractivity contribution is 7.90. The Bertz CT molecular complexity index is 997. The SMILES string of the molecule is Cc1noc(Cl)c1CCC(=O)Nc1cccc(S(=O)(=O)/N=C2\CCCN2C)c1. The number of carbonyl (C=O) groups excluding carboxylic acids is 1. The summed E-state index contributed by atoms with van der Waals surface area (Å²) in [6, 6.07) is 6.07. The highest BCUT2D eigenvalue weighted by atomic mass is 35.5. The molecule has 1 aromatic heterocycles. The first kappa shape index (κ1) is 20.3. The molecule has 0 unspecified atom stereocenters. The maximum Gasteiger partial charge on any atom is 0.284 e. The number of rotatable bonds is 6. The van der Waals surface area contributed by atoms with Crippen LogP contribution in [0.2, 0.25) is 5.22 Å². The molecule has 1 aromatic carbocycles. The summed E-state index contributed by atoms with van der Waals surface area (Å²) in [5.74, 6) is 0.281. The van der Waals surface area contributed by atoms with Crippen molar-refractivity contribution in [3.63, 3.8) is 0 Å². The van der Waals surface area contributed by atoms with Gasteiger partial charge < -0.3 is 14.7 Å². The van der Waals surface area contributed by atoms with Crippen LogP contribution in [-0.2, 0) is 21.2 Å². The van der Waals surface area contributed by atoms with Gasteiger partial charge in [-0.05, 0) is 49.6 Å². The van der Waals surface area contributed by atoms with E-state index in [1.807, 2.05) is 11.9 Å². The van der Waals surface area contributed by atoms with Gasteiger partial charge in [0.2, 0.25) is 11.1 Å². The molecule has 150 valence electrons. The Hall–Kier alpha value is -2.39. The Balaban J connectivity index is 1.68. The molecule has 0 aliphatic carbocycles. The van der Waals surface area contributed by atoms with E-state index in [0.29, 0.717) is 35.6 Å². The van der Waals surface area contributed by atoms with Crippen molar-refractivity contribution in [3.05, 3.63) is 40.7 Å². The van der Waals surface area contributed by atoms with Crippen molar-refractivity contribution >= 4 is 39.1 Å². The van der Waals surface area contributed by atoms with Crippen molar-refractivity contribution in [1.29, 1.82) is 0 Å². The second-order valence-corrected chi connectivity index (χ2v) is 8.55. The van der Waals surface area contributed by atoms with E-state index >= 15 is 0 Å². The molecule has 28 heavy (non-hydrogen) atoms. The van der Waals surface area contributed by atoms with Crippen molar-refractivity contribution in [2.45, 2.75) is 37.5 Å². The zero-order chi connectivity index (χ0) is 20.3. The van der Waals surface area contributed by atoms with Crippen LogP contribution >= 0.6 is 11.6 Å². The number of hydrogen-bond acceptors (Lipinski definition) is 5. The highest BCUT2D eigenvalue weighted by Gasteiger charge is 2.20. The maximum atomic E-state index is 12.6.